The molecular formula is C16H17ClN2O3. The Morgan fingerprint density at radius 1 is 1.18 bits per heavy atom. The van der Waals surface area contributed by atoms with Crippen molar-refractivity contribution in [1.29, 1.82) is 0 Å². The minimum Gasteiger partial charge on any atom is -0.272 e. The Kier molecular flexibility index (Phi) is 3.91. The van der Waals surface area contributed by atoms with E-state index < -0.39 is 5.91 Å². The normalized spacial score (nSPS) is 27.7. The zero-order valence-corrected chi connectivity index (χ0v) is 13.0. The van der Waals surface area contributed by atoms with Gasteiger partial charge < -0.3 is 0 Å². The van der Waals surface area contributed by atoms with Gasteiger partial charge in [-0.05, 0) is 37.3 Å². The van der Waals surface area contributed by atoms with E-state index in [1.807, 2.05) is 0 Å². The SMILES string of the molecule is C[C@H]1CC[C@H]2C(=O)N(NC(=O)c3ccccc3Cl)C(=O)[C@@H]2C1. The number of rotatable bonds is 2. The molecule has 0 unspecified atom stereocenters. The second-order valence-electron chi connectivity index (χ2n) is 6.06. The Labute approximate surface area is 133 Å². The van der Waals surface area contributed by atoms with Crippen molar-refractivity contribution in [3.05, 3.63) is 34.9 Å². The number of amides is 3. The van der Waals surface area contributed by atoms with Crippen molar-refractivity contribution in [2.45, 2.75) is 26.2 Å². The molecule has 5 nitrogen and oxygen atoms in total. The van der Waals surface area contributed by atoms with E-state index >= 15 is 0 Å². The van der Waals surface area contributed by atoms with E-state index in [4.69, 9.17) is 11.6 Å². The molecule has 1 N–H and O–H groups in total. The minimum absolute atomic E-state index is 0.244. The van der Waals surface area contributed by atoms with E-state index in [1.165, 1.54) is 0 Å². The van der Waals surface area contributed by atoms with Gasteiger partial charge in [0.25, 0.3) is 17.7 Å². The number of nitrogens with zero attached hydrogens (tertiary/aromatic N) is 1. The monoisotopic (exact) mass is 320 g/mol. The molecule has 0 bridgehead atoms. The molecule has 0 aromatic heterocycles. The van der Waals surface area contributed by atoms with Gasteiger partial charge in [-0.15, -0.1) is 0 Å². The molecule has 3 rings (SSSR count). The fourth-order valence-electron chi connectivity index (χ4n) is 3.31. The van der Waals surface area contributed by atoms with Crippen LogP contribution in [-0.4, -0.2) is 22.7 Å². The topological polar surface area (TPSA) is 66.5 Å². The number of imide groups is 1. The molecule has 1 aliphatic heterocycles. The molecule has 1 saturated heterocycles. The number of benzene rings is 1. The van der Waals surface area contributed by atoms with Crippen molar-refractivity contribution in [2.75, 3.05) is 0 Å². The Balaban J connectivity index is 1.78. The van der Waals surface area contributed by atoms with Gasteiger partial charge in [0.15, 0.2) is 0 Å². The highest BCUT2D eigenvalue weighted by Gasteiger charge is 2.50. The Hall–Kier alpha value is -1.88. The molecule has 1 aromatic rings. The lowest BCUT2D eigenvalue weighted by Crippen LogP contribution is -2.46. The third-order valence-corrected chi connectivity index (χ3v) is 4.85. The molecule has 1 saturated carbocycles. The van der Waals surface area contributed by atoms with E-state index in [-0.39, 0.29) is 34.2 Å². The van der Waals surface area contributed by atoms with Crippen LogP contribution in [0, 0.1) is 17.8 Å². The van der Waals surface area contributed by atoms with Crippen LogP contribution < -0.4 is 5.43 Å². The predicted octanol–water partition coefficient (Wildman–Crippen LogP) is 2.41. The van der Waals surface area contributed by atoms with Crippen molar-refractivity contribution < 1.29 is 14.4 Å². The highest BCUT2D eigenvalue weighted by atomic mass is 35.5. The molecule has 1 aliphatic carbocycles. The molecular weight excluding hydrogens is 304 g/mol. The quantitative estimate of drug-likeness (QED) is 0.851. The van der Waals surface area contributed by atoms with Crippen LogP contribution in [0.5, 0.6) is 0 Å². The summed E-state index contributed by atoms with van der Waals surface area (Å²) in [7, 11) is 0. The lowest BCUT2D eigenvalue weighted by atomic mass is 9.76. The van der Waals surface area contributed by atoms with Crippen LogP contribution in [0.2, 0.25) is 5.02 Å². The Morgan fingerprint density at radius 3 is 2.59 bits per heavy atom. The molecule has 2 aliphatic rings. The highest BCUT2D eigenvalue weighted by molar-refractivity contribution is 6.33. The number of hydrogen-bond acceptors (Lipinski definition) is 3. The van der Waals surface area contributed by atoms with Gasteiger partial charge >= 0.3 is 0 Å². The molecule has 3 atom stereocenters. The molecule has 116 valence electrons. The van der Waals surface area contributed by atoms with Gasteiger partial charge in [-0.2, -0.15) is 5.01 Å². The predicted molar refractivity (Wildman–Crippen MR) is 80.8 cm³/mol. The zero-order chi connectivity index (χ0) is 15.9. The van der Waals surface area contributed by atoms with Gasteiger partial charge in [0.2, 0.25) is 0 Å². The van der Waals surface area contributed by atoms with Gasteiger partial charge in [0.1, 0.15) is 0 Å². The molecule has 2 fully saturated rings. The second-order valence-corrected chi connectivity index (χ2v) is 6.47. The fourth-order valence-corrected chi connectivity index (χ4v) is 3.53. The van der Waals surface area contributed by atoms with Crippen LogP contribution in [0.1, 0.15) is 36.5 Å². The summed E-state index contributed by atoms with van der Waals surface area (Å²) >= 11 is 5.97. The number of halogens is 1. The van der Waals surface area contributed by atoms with Crippen LogP contribution in [0.15, 0.2) is 24.3 Å². The van der Waals surface area contributed by atoms with E-state index in [0.717, 1.165) is 11.4 Å². The maximum atomic E-state index is 12.4. The standard InChI is InChI=1S/C16H17ClN2O3/c1-9-6-7-10-12(8-9)16(22)19(15(10)21)18-14(20)11-4-2-3-5-13(11)17/h2-5,9-10,12H,6-8H2,1H3,(H,18,20)/t9-,10+,12+/m0/s1. The zero-order valence-electron chi connectivity index (χ0n) is 12.2. The summed E-state index contributed by atoms with van der Waals surface area (Å²) in [5, 5.41) is 1.17. The second kappa shape index (κ2) is 5.72. The lowest BCUT2D eigenvalue weighted by molar-refractivity contribution is -0.142. The molecule has 3 amide bonds. The number of carbonyl (C=O) groups excluding carboxylic acids is 3. The first-order chi connectivity index (χ1) is 10.5. The number of hydrogen-bond donors (Lipinski definition) is 1. The van der Waals surface area contributed by atoms with Crippen molar-refractivity contribution >= 4 is 29.3 Å². The summed E-state index contributed by atoms with van der Waals surface area (Å²) in [4.78, 5) is 37.0. The van der Waals surface area contributed by atoms with Crippen LogP contribution in [0.4, 0.5) is 0 Å². The van der Waals surface area contributed by atoms with Crippen molar-refractivity contribution in [1.82, 2.24) is 10.4 Å². The maximum Gasteiger partial charge on any atom is 0.271 e. The minimum atomic E-state index is -0.543. The van der Waals surface area contributed by atoms with E-state index in [1.54, 1.807) is 24.3 Å². The van der Waals surface area contributed by atoms with E-state index in [0.29, 0.717) is 18.8 Å². The lowest BCUT2D eigenvalue weighted by Gasteiger charge is -2.25. The number of fused-ring (bicyclic) bond motifs is 1. The molecule has 0 spiro atoms. The van der Waals surface area contributed by atoms with Crippen molar-refractivity contribution in [3.8, 4) is 0 Å². The summed E-state index contributed by atoms with van der Waals surface area (Å²) in [6, 6.07) is 6.53. The molecule has 22 heavy (non-hydrogen) atoms. The summed E-state index contributed by atoms with van der Waals surface area (Å²) in [6.07, 6.45) is 2.34. The van der Waals surface area contributed by atoms with Crippen LogP contribution in [0.25, 0.3) is 0 Å². The Bertz CT molecular complexity index is 646. The fraction of sp³-hybridized carbons (Fsp3) is 0.438. The first-order valence-electron chi connectivity index (χ1n) is 7.42. The summed E-state index contributed by atoms with van der Waals surface area (Å²) in [5.41, 5.74) is 2.66. The van der Waals surface area contributed by atoms with Gasteiger partial charge in [0, 0.05) is 0 Å². The molecule has 1 aromatic carbocycles. The Morgan fingerprint density at radius 2 is 1.86 bits per heavy atom. The van der Waals surface area contributed by atoms with E-state index in [9.17, 15) is 14.4 Å². The smallest absolute Gasteiger partial charge is 0.271 e. The maximum absolute atomic E-state index is 12.4. The largest absolute Gasteiger partial charge is 0.272 e. The molecule has 6 heteroatoms. The molecule has 1 heterocycles. The summed E-state index contributed by atoms with van der Waals surface area (Å²) in [5.74, 6) is -1.32. The summed E-state index contributed by atoms with van der Waals surface area (Å²) < 4.78 is 0. The third kappa shape index (κ3) is 2.50. The number of hydrazine groups is 1. The van der Waals surface area contributed by atoms with Gasteiger partial charge in [0.05, 0.1) is 22.4 Å². The van der Waals surface area contributed by atoms with Crippen molar-refractivity contribution in [2.24, 2.45) is 17.8 Å². The van der Waals surface area contributed by atoms with E-state index in [2.05, 4.69) is 12.3 Å². The van der Waals surface area contributed by atoms with Gasteiger partial charge in [-0.25, -0.2) is 0 Å². The van der Waals surface area contributed by atoms with Crippen LogP contribution in [0.3, 0.4) is 0 Å². The first-order valence-corrected chi connectivity index (χ1v) is 7.80. The van der Waals surface area contributed by atoms with Crippen molar-refractivity contribution in [3.63, 3.8) is 0 Å². The average Bonchev–Trinajstić information content (AvgIpc) is 2.72. The van der Waals surface area contributed by atoms with Gasteiger partial charge in [-0.3, -0.25) is 19.8 Å². The number of nitrogens with one attached hydrogen (secondary N) is 1. The first kappa shape index (κ1) is 15.0. The average molecular weight is 321 g/mol. The summed E-state index contributed by atoms with van der Waals surface area (Å²) in [6.45, 7) is 2.08. The van der Waals surface area contributed by atoms with Crippen LogP contribution >= 0.6 is 11.6 Å². The molecule has 0 radical (unpaired) electrons. The number of carbonyl (C=O) groups is 3. The third-order valence-electron chi connectivity index (χ3n) is 4.52. The van der Waals surface area contributed by atoms with Crippen LogP contribution in [-0.2, 0) is 9.59 Å². The van der Waals surface area contributed by atoms with Gasteiger partial charge in [-0.1, -0.05) is 30.7 Å². The highest BCUT2D eigenvalue weighted by Crippen LogP contribution is 2.39.